The fourth-order valence-corrected chi connectivity index (χ4v) is 3.13. The molecule has 6 nitrogen and oxygen atoms in total. The molecule has 3 rings (SSSR count). The average Bonchev–Trinajstić information content (AvgIpc) is 3.23. The minimum absolute atomic E-state index is 0.299. The molecule has 1 aromatic carbocycles. The van der Waals surface area contributed by atoms with Crippen LogP contribution in [0, 0.1) is 0 Å². The van der Waals surface area contributed by atoms with Crippen LogP contribution in [0.1, 0.15) is 43.1 Å². The van der Waals surface area contributed by atoms with E-state index in [1.54, 1.807) is 14.2 Å². The molecule has 0 radical (unpaired) electrons. The second-order valence-electron chi connectivity index (χ2n) is 5.69. The van der Waals surface area contributed by atoms with Gasteiger partial charge in [0.1, 0.15) is 11.5 Å². The lowest BCUT2D eigenvalue weighted by Crippen LogP contribution is -2.23. The van der Waals surface area contributed by atoms with Gasteiger partial charge in [0, 0.05) is 24.1 Å². The van der Waals surface area contributed by atoms with Gasteiger partial charge in [-0.1, -0.05) is 18.1 Å². The van der Waals surface area contributed by atoms with Crippen molar-refractivity contribution in [2.75, 3.05) is 20.8 Å². The highest BCUT2D eigenvalue weighted by Gasteiger charge is 2.29. The molecule has 1 unspecified atom stereocenters. The number of nitrogens with zero attached hydrogens (tertiary/aromatic N) is 3. The van der Waals surface area contributed by atoms with Crippen molar-refractivity contribution in [3.63, 3.8) is 0 Å². The molecule has 1 fully saturated rings. The fourth-order valence-electron chi connectivity index (χ4n) is 3.13. The molecule has 1 saturated heterocycles. The Morgan fingerprint density at radius 1 is 1.30 bits per heavy atom. The van der Waals surface area contributed by atoms with Gasteiger partial charge in [0.15, 0.2) is 5.82 Å². The molecule has 1 aromatic heterocycles. The van der Waals surface area contributed by atoms with Crippen molar-refractivity contribution in [3.05, 3.63) is 35.5 Å². The number of likely N-dealkylation sites (tertiary alicyclic amines) is 1. The Balaban J connectivity index is 1.81. The van der Waals surface area contributed by atoms with Crippen molar-refractivity contribution in [2.45, 2.75) is 38.8 Å². The summed E-state index contributed by atoms with van der Waals surface area (Å²) in [5.41, 5.74) is 1.18. The number of aryl methyl sites for hydroxylation is 1. The maximum Gasteiger partial charge on any atom is 0.240 e. The molecule has 2 heterocycles. The van der Waals surface area contributed by atoms with Gasteiger partial charge >= 0.3 is 0 Å². The molecule has 2 aromatic rings. The number of rotatable bonds is 6. The van der Waals surface area contributed by atoms with Gasteiger partial charge in [-0.25, -0.2) is 0 Å². The highest BCUT2D eigenvalue weighted by molar-refractivity contribution is 5.42. The van der Waals surface area contributed by atoms with Crippen molar-refractivity contribution >= 4 is 0 Å². The van der Waals surface area contributed by atoms with Gasteiger partial charge in [-0.15, -0.1) is 0 Å². The largest absolute Gasteiger partial charge is 0.497 e. The molecular weight excluding hydrogens is 294 g/mol. The van der Waals surface area contributed by atoms with Crippen LogP contribution in [0.25, 0.3) is 0 Å². The normalized spacial score (nSPS) is 18.3. The van der Waals surface area contributed by atoms with Crippen LogP contribution in [-0.4, -0.2) is 35.8 Å². The van der Waals surface area contributed by atoms with Crippen LogP contribution < -0.4 is 9.47 Å². The Kier molecular flexibility index (Phi) is 4.81. The summed E-state index contributed by atoms with van der Waals surface area (Å²) in [6.45, 7) is 3.71. The van der Waals surface area contributed by atoms with E-state index < -0.39 is 0 Å². The molecule has 1 atom stereocenters. The molecule has 0 aliphatic carbocycles. The zero-order valence-electron chi connectivity index (χ0n) is 13.9. The summed E-state index contributed by atoms with van der Waals surface area (Å²) in [5.74, 6) is 3.11. The summed E-state index contributed by atoms with van der Waals surface area (Å²) in [6.07, 6.45) is 3.03. The molecule has 0 saturated carbocycles. The number of hydrogen-bond donors (Lipinski definition) is 0. The van der Waals surface area contributed by atoms with Crippen LogP contribution in [-0.2, 0) is 13.0 Å². The number of aromatic nitrogens is 2. The van der Waals surface area contributed by atoms with Gasteiger partial charge in [-0.2, -0.15) is 4.98 Å². The summed E-state index contributed by atoms with van der Waals surface area (Å²) in [7, 11) is 3.36. The smallest absolute Gasteiger partial charge is 0.240 e. The second kappa shape index (κ2) is 7.00. The highest BCUT2D eigenvalue weighted by atomic mass is 16.5. The maximum absolute atomic E-state index is 5.56. The fraction of sp³-hybridized carbons (Fsp3) is 0.529. The molecule has 1 aliphatic heterocycles. The number of methoxy groups -OCH3 is 2. The van der Waals surface area contributed by atoms with E-state index in [-0.39, 0.29) is 0 Å². The van der Waals surface area contributed by atoms with Gasteiger partial charge in [0.25, 0.3) is 0 Å². The lowest BCUT2D eigenvalue weighted by Gasteiger charge is -2.25. The minimum Gasteiger partial charge on any atom is -0.497 e. The SMILES string of the molecule is CCc1noc(CN2CCCC2c2ccc(OC)cc2OC)n1. The standard InChI is InChI=1S/C17H23N3O3/c1-4-16-18-17(23-19-16)11-20-9-5-6-14(20)13-8-7-12(21-2)10-15(13)22-3/h7-8,10,14H,4-6,9,11H2,1-3H3. The maximum atomic E-state index is 5.56. The molecule has 1 aliphatic rings. The first-order valence-corrected chi connectivity index (χ1v) is 8.02. The third kappa shape index (κ3) is 3.32. The van der Waals surface area contributed by atoms with Crippen molar-refractivity contribution in [1.29, 1.82) is 0 Å². The van der Waals surface area contributed by atoms with E-state index in [2.05, 4.69) is 21.1 Å². The van der Waals surface area contributed by atoms with Crippen molar-refractivity contribution in [3.8, 4) is 11.5 Å². The summed E-state index contributed by atoms with van der Waals surface area (Å²) >= 11 is 0. The van der Waals surface area contributed by atoms with Crippen LogP contribution in [0.2, 0.25) is 0 Å². The minimum atomic E-state index is 0.299. The first-order valence-electron chi connectivity index (χ1n) is 8.02. The van der Waals surface area contributed by atoms with Gasteiger partial charge in [-0.05, 0) is 25.5 Å². The van der Waals surface area contributed by atoms with Crippen molar-refractivity contribution in [1.82, 2.24) is 15.0 Å². The van der Waals surface area contributed by atoms with Crippen LogP contribution in [0.15, 0.2) is 22.7 Å². The summed E-state index contributed by atoms with van der Waals surface area (Å²) in [5, 5.41) is 3.98. The van der Waals surface area contributed by atoms with E-state index in [4.69, 9.17) is 14.0 Å². The lowest BCUT2D eigenvalue weighted by molar-refractivity contribution is 0.209. The predicted molar refractivity (Wildman–Crippen MR) is 85.6 cm³/mol. The van der Waals surface area contributed by atoms with Crippen LogP contribution in [0.4, 0.5) is 0 Å². The molecule has 6 heteroatoms. The molecule has 23 heavy (non-hydrogen) atoms. The van der Waals surface area contributed by atoms with E-state index >= 15 is 0 Å². The zero-order valence-corrected chi connectivity index (χ0v) is 13.9. The van der Waals surface area contributed by atoms with E-state index in [0.29, 0.717) is 18.5 Å². The summed E-state index contributed by atoms with van der Waals surface area (Å²) < 4.78 is 16.2. The van der Waals surface area contributed by atoms with Crippen LogP contribution in [0.5, 0.6) is 11.5 Å². The number of benzene rings is 1. The molecule has 0 amide bonds. The topological polar surface area (TPSA) is 60.6 Å². The van der Waals surface area contributed by atoms with Crippen LogP contribution >= 0.6 is 0 Å². The van der Waals surface area contributed by atoms with Crippen molar-refractivity contribution < 1.29 is 14.0 Å². The van der Waals surface area contributed by atoms with Gasteiger partial charge in [0.05, 0.1) is 20.8 Å². The monoisotopic (exact) mass is 317 g/mol. The first-order chi connectivity index (χ1) is 11.2. The molecule has 124 valence electrons. The van der Waals surface area contributed by atoms with Crippen LogP contribution in [0.3, 0.4) is 0 Å². The van der Waals surface area contributed by atoms with Crippen molar-refractivity contribution in [2.24, 2.45) is 0 Å². The molecule has 0 N–H and O–H groups in total. The third-order valence-electron chi connectivity index (χ3n) is 4.33. The lowest BCUT2D eigenvalue weighted by atomic mass is 10.0. The molecular formula is C17H23N3O3. The first kappa shape index (κ1) is 15.8. The Morgan fingerprint density at radius 2 is 2.17 bits per heavy atom. The average molecular weight is 317 g/mol. The van der Waals surface area contributed by atoms with Gasteiger partial charge in [0.2, 0.25) is 5.89 Å². The summed E-state index contributed by atoms with van der Waals surface area (Å²) in [4.78, 5) is 6.79. The van der Waals surface area contributed by atoms with E-state index in [1.807, 2.05) is 19.1 Å². The number of ether oxygens (including phenoxy) is 2. The molecule has 0 bridgehead atoms. The van der Waals surface area contributed by atoms with Gasteiger partial charge < -0.3 is 14.0 Å². The van der Waals surface area contributed by atoms with E-state index in [1.165, 1.54) is 5.56 Å². The molecule has 0 spiro atoms. The number of hydrogen-bond acceptors (Lipinski definition) is 6. The zero-order chi connectivity index (χ0) is 16.2. The highest BCUT2D eigenvalue weighted by Crippen LogP contribution is 2.39. The second-order valence-corrected chi connectivity index (χ2v) is 5.69. The van der Waals surface area contributed by atoms with E-state index in [9.17, 15) is 0 Å². The Bertz CT molecular complexity index is 656. The van der Waals surface area contributed by atoms with E-state index in [0.717, 1.165) is 43.1 Å². The quantitative estimate of drug-likeness (QED) is 0.816. The summed E-state index contributed by atoms with van der Waals surface area (Å²) in [6, 6.07) is 6.31. The Hall–Kier alpha value is -2.08. The third-order valence-corrected chi connectivity index (χ3v) is 4.33. The Labute approximate surface area is 136 Å². The van der Waals surface area contributed by atoms with Gasteiger partial charge in [-0.3, -0.25) is 4.90 Å². The predicted octanol–water partition coefficient (Wildman–Crippen LogP) is 2.99. The Morgan fingerprint density at radius 3 is 2.87 bits per heavy atom.